The number of rotatable bonds is 4. The predicted octanol–water partition coefficient (Wildman–Crippen LogP) is 1.19. The molecule has 0 atom stereocenters. The van der Waals surface area contributed by atoms with Crippen LogP contribution >= 0.6 is 0 Å². The lowest BCUT2D eigenvalue weighted by Gasteiger charge is -2.06. The Morgan fingerprint density at radius 1 is 1.30 bits per heavy atom. The first-order valence-corrected chi connectivity index (χ1v) is 5.87. The summed E-state index contributed by atoms with van der Waals surface area (Å²) < 4.78 is 21.1. The maximum absolute atomic E-state index is 11.4. The molecule has 3 rings (SSSR count). The predicted molar refractivity (Wildman–Crippen MR) is 67.3 cm³/mol. The highest BCUT2D eigenvalue weighted by Gasteiger charge is 2.16. The van der Waals surface area contributed by atoms with Crippen LogP contribution in [0.25, 0.3) is 0 Å². The summed E-state index contributed by atoms with van der Waals surface area (Å²) in [6, 6.07) is 6.90. The maximum atomic E-state index is 11.4. The molecule has 7 nitrogen and oxygen atoms in total. The van der Waals surface area contributed by atoms with Crippen LogP contribution in [0, 0.1) is 0 Å². The van der Waals surface area contributed by atoms with E-state index in [1.54, 1.807) is 24.3 Å². The monoisotopic (exact) mass is 276 g/mol. The molecule has 3 N–H and O–H groups in total. The van der Waals surface area contributed by atoms with Crippen LogP contribution in [0.2, 0.25) is 0 Å². The number of amides is 1. The van der Waals surface area contributed by atoms with E-state index in [0.717, 1.165) is 0 Å². The molecule has 0 spiro atoms. The van der Waals surface area contributed by atoms with E-state index in [2.05, 4.69) is 0 Å². The van der Waals surface area contributed by atoms with Crippen molar-refractivity contribution in [3.63, 3.8) is 0 Å². The summed E-state index contributed by atoms with van der Waals surface area (Å²) in [5.74, 6) is 6.63. The van der Waals surface area contributed by atoms with Crippen molar-refractivity contribution in [3.05, 3.63) is 41.9 Å². The molecule has 0 radical (unpaired) electrons. The van der Waals surface area contributed by atoms with Gasteiger partial charge in [0.25, 0.3) is 0 Å². The zero-order chi connectivity index (χ0) is 13.9. The number of nitrogens with one attached hydrogen (secondary N) is 1. The lowest BCUT2D eigenvalue weighted by molar-refractivity contribution is 0.0922. The Hall–Kier alpha value is -2.67. The lowest BCUT2D eigenvalue weighted by Crippen LogP contribution is -2.30. The summed E-state index contributed by atoms with van der Waals surface area (Å²) in [6.07, 6.45) is 1.41. The van der Waals surface area contributed by atoms with Crippen LogP contribution in [0.3, 0.4) is 0 Å². The van der Waals surface area contributed by atoms with E-state index in [1.165, 1.54) is 6.26 Å². The first kappa shape index (κ1) is 12.4. The third kappa shape index (κ3) is 2.26. The first-order valence-electron chi connectivity index (χ1n) is 5.87. The summed E-state index contributed by atoms with van der Waals surface area (Å²) in [7, 11) is 0. The molecular weight excluding hydrogens is 264 g/mol. The van der Waals surface area contributed by atoms with Gasteiger partial charge in [0.05, 0.1) is 6.26 Å². The van der Waals surface area contributed by atoms with Crippen LogP contribution in [0.4, 0.5) is 0 Å². The number of hydrazine groups is 1. The molecule has 0 saturated carbocycles. The van der Waals surface area contributed by atoms with Crippen LogP contribution in [-0.2, 0) is 6.61 Å². The number of benzene rings is 1. The van der Waals surface area contributed by atoms with E-state index < -0.39 is 5.91 Å². The third-order valence-electron chi connectivity index (χ3n) is 2.82. The average molecular weight is 276 g/mol. The summed E-state index contributed by atoms with van der Waals surface area (Å²) in [6.45, 7) is 0.389. The van der Waals surface area contributed by atoms with E-state index in [0.29, 0.717) is 22.8 Å². The van der Waals surface area contributed by atoms with Crippen LogP contribution in [0.15, 0.2) is 34.9 Å². The number of hydrogen-bond donors (Lipinski definition) is 2. The van der Waals surface area contributed by atoms with E-state index >= 15 is 0 Å². The molecule has 104 valence electrons. The molecule has 0 aliphatic carbocycles. The van der Waals surface area contributed by atoms with Gasteiger partial charge in [-0.05, 0) is 18.2 Å². The summed E-state index contributed by atoms with van der Waals surface area (Å²) in [5.41, 5.74) is 2.62. The zero-order valence-electron chi connectivity index (χ0n) is 10.4. The highest BCUT2D eigenvalue weighted by atomic mass is 16.7. The molecule has 20 heavy (non-hydrogen) atoms. The third-order valence-corrected chi connectivity index (χ3v) is 2.82. The Morgan fingerprint density at radius 2 is 2.15 bits per heavy atom. The molecule has 1 amide bonds. The van der Waals surface area contributed by atoms with Crippen LogP contribution in [-0.4, -0.2) is 12.7 Å². The van der Waals surface area contributed by atoms with Crippen molar-refractivity contribution in [2.75, 3.05) is 6.79 Å². The Morgan fingerprint density at radius 3 is 3.00 bits per heavy atom. The number of furan rings is 1. The fraction of sp³-hybridized carbons (Fsp3) is 0.154. The number of hydrogen-bond acceptors (Lipinski definition) is 6. The minimum atomic E-state index is -0.501. The van der Waals surface area contributed by atoms with Crippen molar-refractivity contribution < 1.29 is 23.4 Å². The molecule has 0 bridgehead atoms. The van der Waals surface area contributed by atoms with Crippen LogP contribution in [0.5, 0.6) is 17.2 Å². The SMILES string of the molecule is NNC(=O)c1occc1COc1ccc2c(c1)OCO2. The van der Waals surface area contributed by atoms with Gasteiger partial charge in [0.2, 0.25) is 6.79 Å². The second kappa shape index (κ2) is 5.14. The molecule has 1 aromatic heterocycles. The van der Waals surface area contributed by atoms with E-state index in [4.69, 9.17) is 24.5 Å². The number of carbonyl (C=O) groups excluding carboxylic acids is 1. The normalized spacial score (nSPS) is 12.2. The minimum Gasteiger partial charge on any atom is -0.489 e. The van der Waals surface area contributed by atoms with Gasteiger partial charge in [-0.2, -0.15) is 0 Å². The van der Waals surface area contributed by atoms with Crippen molar-refractivity contribution in [2.45, 2.75) is 6.61 Å². The molecule has 1 aliphatic rings. The van der Waals surface area contributed by atoms with Crippen molar-refractivity contribution in [2.24, 2.45) is 5.84 Å². The minimum absolute atomic E-state index is 0.133. The highest BCUT2D eigenvalue weighted by Crippen LogP contribution is 2.35. The van der Waals surface area contributed by atoms with Gasteiger partial charge < -0.3 is 18.6 Å². The Kier molecular flexibility index (Phi) is 3.18. The molecule has 1 aliphatic heterocycles. The maximum Gasteiger partial charge on any atom is 0.301 e. The molecule has 0 unspecified atom stereocenters. The van der Waals surface area contributed by atoms with Crippen molar-refractivity contribution >= 4 is 5.91 Å². The van der Waals surface area contributed by atoms with Gasteiger partial charge in [-0.15, -0.1) is 0 Å². The number of nitrogen functional groups attached to an aromatic ring is 1. The standard InChI is InChI=1S/C13H12N2O5/c14-15-13(16)12-8(3-4-17-12)6-18-9-1-2-10-11(5-9)20-7-19-10/h1-5H,6-7,14H2,(H,15,16). The van der Waals surface area contributed by atoms with Gasteiger partial charge in [-0.3, -0.25) is 10.2 Å². The van der Waals surface area contributed by atoms with E-state index in [9.17, 15) is 4.79 Å². The Labute approximate surface area is 114 Å². The molecule has 0 saturated heterocycles. The molecule has 0 fully saturated rings. The van der Waals surface area contributed by atoms with E-state index in [-0.39, 0.29) is 19.2 Å². The molecule has 2 heterocycles. The van der Waals surface area contributed by atoms with Crippen LogP contribution < -0.4 is 25.5 Å². The second-order valence-electron chi connectivity index (χ2n) is 4.05. The van der Waals surface area contributed by atoms with E-state index in [1.807, 2.05) is 5.43 Å². The fourth-order valence-electron chi connectivity index (χ4n) is 1.84. The largest absolute Gasteiger partial charge is 0.489 e. The Bertz CT molecular complexity index is 637. The summed E-state index contributed by atoms with van der Waals surface area (Å²) in [5, 5.41) is 0. The number of nitrogens with two attached hydrogens (primary N) is 1. The van der Waals surface area contributed by atoms with Crippen molar-refractivity contribution in [1.29, 1.82) is 0 Å². The number of carbonyl (C=O) groups is 1. The first-order chi connectivity index (χ1) is 9.78. The molecule has 7 heteroatoms. The van der Waals surface area contributed by atoms with Gasteiger partial charge in [0, 0.05) is 11.6 Å². The van der Waals surface area contributed by atoms with Gasteiger partial charge in [-0.25, -0.2) is 5.84 Å². The molecule has 1 aromatic carbocycles. The van der Waals surface area contributed by atoms with Gasteiger partial charge in [0.15, 0.2) is 17.3 Å². The molecule has 2 aromatic rings. The Balaban J connectivity index is 1.71. The molecular formula is C13H12N2O5. The van der Waals surface area contributed by atoms with Gasteiger partial charge in [-0.1, -0.05) is 0 Å². The number of ether oxygens (including phenoxy) is 3. The highest BCUT2D eigenvalue weighted by molar-refractivity contribution is 5.92. The lowest BCUT2D eigenvalue weighted by atomic mass is 10.2. The fourth-order valence-corrected chi connectivity index (χ4v) is 1.84. The van der Waals surface area contributed by atoms with Crippen LogP contribution in [0.1, 0.15) is 16.1 Å². The van der Waals surface area contributed by atoms with Crippen molar-refractivity contribution in [1.82, 2.24) is 5.43 Å². The van der Waals surface area contributed by atoms with Gasteiger partial charge in [0.1, 0.15) is 12.4 Å². The van der Waals surface area contributed by atoms with Crippen molar-refractivity contribution in [3.8, 4) is 17.2 Å². The summed E-state index contributed by atoms with van der Waals surface area (Å²) >= 11 is 0. The number of fused-ring (bicyclic) bond motifs is 1. The second-order valence-corrected chi connectivity index (χ2v) is 4.05. The van der Waals surface area contributed by atoms with Gasteiger partial charge >= 0.3 is 5.91 Å². The summed E-state index contributed by atoms with van der Waals surface area (Å²) in [4.78, 5) is 11.4. The quantitative estimate of drug-likeness (QED) is 0.494. The average Bonchev–Trinajstić information content (AvgIpc) is 3.12. The topological polar surface area (TPSA) is 96.0 Å². The smallest absolute Gasteiger partial charge is 0.301 e. The zero-order valence-corrected chi connectivity index (χ0v) is 10.4.